The maximum absolute atomic E-state index is 13.3. The largest absolute Gasteiger partial charge is 0.417 e. The molecule has 0 bridgehead atoms. The summed E-state index contributed by atoms with van der Waals surface area (Å²) in [6.07, 6.45) is -3.13. The Morgan fingerprint density at radius 1 is 0.909 bits per heavy atom. The highest BCUT2D eigenvalue weighted by atomic mass is 35.5. The van der Waals surface area contributed by atoms with Crippen molar-refractivity contribution in [3.05, 3.63) is 94.5 Å². The molecule has 3 aromatic carbocycles. The molecule has 166 valence electrons. The molecule has 1 heterocycles. The van der Waals surface area contributed by atoms with E-state index in [1.807, 2.05) is 0 Å². The van der Waals surface area contributed by atoms with E-state index < -0.39 is 23.6 Å². The van der Waals surface area contributed by atoms with E-state index in [0.29, 0.717) is 21.8 Å². The number of amides is 2. The third-order valence-corrected chi connectivity index (χ3v) is 5.49. The van der Waals surface area contributed by atoms with Crippen molar-refractivity contribution in [2.45, 2.75) is 6.18 Å². The van der Waals surface area contributed by atoms with Crippen LogP contribution in [0.2, 0.25) is 5.02 Å². The Morgan fingerprint density at radius 3 is 2.18 bits per heavy atom. The van der Waals surface area contributed by atoms with Crippen LogP contribution in [0.25, 0.3) is 17.2 Å². The number of nitrogens with zero attached hydrogens (tertiary/aromatic N) is 1. The minimum atomic E-state index is -4.49. The summed E-state index contributed by atoms with van der Waals surface area (Å²) in [7, 11) is 0. The molecule has 1 aliphatic heterocycles. The first-order valence-corrected chi connectivity index (χ1v) is 10.4. The fourth-order valence-electron chi connectivity index (χ4n) is 3.39. The third kappa shape index (κ3) is 4.67. The van der Waals surface area contributed by atoms with Gasteiger partial charge in [-0.15, -0.1) is 0 Å². The van der Waals surface area contributed by atoms with Gasteiger partial charge in [0.1, 0.15) is 5.57 Å². The van der Waals surface area contributed by atoms with Gasteiger partial charge in [0, 0.05) is 5.02 Å². The highest BCUT2D eigenvalue weighted by Gasteiger charge is 2.35. The Kier molecular flexibility index (Phi) is 6.05. The number of hydrogen-bond donors (Lipinski definition) is 1. The molecule has 0 saturated carbocycles. The maximum Gasteiger partial charge on any atom is 0.417 e. The molecule has 0 spiro atoms. The van der Waals surface area contributed by atoms with Crippen LogP contribution < -0.4 is 10.2 Å². The van der Waals surface area contributed by atoms with E-state index in [1.165, 1.54) is 53.4 Å². The first kappa shape index (κ1) is 22.7. The van der Waals surface area contributed by atoms with Gasteiger partial charge in [-0.05, 0) is 65.3 Å². The SMILES string of the molecule is O=C1NC(=S)N(c2ccc(Cl)cc2)C(=O)/C1=C/c1ccc(-c2ccccc2C(F)(F)F)cc1. The zero-order valence-corrected chi connectivity index (χ0v) is 18.3. The van der Waals surface area contributed by atoms with Crippen LogP contribution in [0.4, 0.5) is 18.9 Å². The monoisotopic (exact) mass is 486 g/mol. The summed E-state index contributed by atoms with van der Waals surface area (Å²) in [4.78, 5) is 26.6. The first-order valence-electron chi connectivity index (χ1n) is 9.59. The van der Waals surface area contributed by atoms with Gasteiger partial charge in [-0.1, -0.05) is 54.1 Å². The van der Waals surface area contributed by atoms with Crippen molar-refractivity contribution in [1.29, 1.82) is 0 Å². The lowest BCUT2D eigenvalue weighted by Crippen LogP contribution is -2.54. The third-order valence-electron chi connectivity index (χ3n) is 4.95. The van der Waals surface area contributed by atoms with E-state index in [4.69, 9.17) is 23.8 Å². The molecule has 1 saturated heterocycles. The van der Waals surface area contributed by atoms with Crippen molar-refractivity contribution in [1.82, 2.24) is 5.32 Å². The Morgan fingerprint density at radius 2 is 1.55 bits per heavy atom. The van der Waals surface area contributed by atoms with Crippen LogP contribution >= 0.6 is 23.8 Å². The maximum atomic E-state index is 13.3. The van der Waals surface area contributed by atoms with E-state index in [0.717, 1.165) is 6.07 Å². The van der Waals surface area contributed by atoms with Crippen LogP contribution in [0, 0.1) is 0 Å². The van der Waals surface area contributed by atoms with E-state index in [9.17, 15) is 22.8 Å². The lowest BCUT2D eigenvalue weighted by Gasteiger charge is -2.29. The first-order chi connectivity index (χ1) is 15.6. The van der Waals surface area contributed by atoms with Gasteiger partial charge in [-0.3, -0.25) is 19.8 Å². The molecule has 0 aromatic heterocycles. The minimum Gasteiger partial charge on any atom is -0.298 e. The van der Waals surface area contributed by atoms with Gasteiger partial charge in [0.15, 0.2) is 5.11 Å². The number of carbonyl (C=O) groups is 2. The van der Waals surface area contributed by atoms with Crippen molar-refractivity contribution in [2.24, 2.45) is 0 Å². The Balaban J connectivity index is 1.66. The lowest BCUT2D eigenvalue weighted by molar-refractivity contribution is -0.137. The van der Waals surface area contributed by atoms with E-state index >= 15 is 0 Å². The van der Waals surface area contributed by atoms with Gasteiger partial charge in [0.25, 0.3) is 11.8 Å². The van der Waals surface area contributed by atoms with Crippen molar-refractivity contribution in [3.8, 4) is 11.1 Å². The molecule has 3 aromatic rings. The highest BCUT2D eigenvalue weighted by molar-refractivity contribution is 7.80. The fraction of sp³-hybridized carbons (Fsp3) is 0.0417. The number of anilines is 1. The number of rotatable bonds is 3. The molecule has 0 unspecified atom stereocenters. The molecular weight excluding hydrogens is 473 g/mol. The smallest absolute Gasteiger partial charge is 0.298 e. The Labute approximate surface area is 197 Å². The van der Waals surface area contributed by atoms with Crippen LogP contribution in [0.5, 0.6) is 0 Å². The molecule has 2 amide bonds. The summed E-state index contributed by atoms with van der Waals surface area (Å²) in [6.45, 7) is 0. The number of thiocarbonyl (C=S) groups is 1. The molecule has 4 rings (SSSR count). The molecule has 0 radical (unpaired) electrons. The van der Waals surface area contributed by atoms with Gasteiger partial charge in [-0.25, -0.2) is 0 Å². The summed E-state index contributed by atoms with van der Waals surface area (Å²) in [5, 5.41) is 2.88. The number of alkyl halides is 3. The van der Waals surface area contributed by atoms with Crippen LogP contribution in [0.1, 0.15) is 11.1 Å². The molecule has 0 atom stereocenters. The summed E-state index contributed by atoms with van der Waals surface area (Å²) in [5.41, 5.74) is 0.375. The molecular formula is C24H14ClF3N2O2S. The van der Waals surface area contributed by atoms with Gasteiger partial charge in [0.05, 0.1) is 11.3 Å². The molecule has 1 N–H and O–H groups in total. The lowest BCUT2D eigenvalue weighted by atomic mass is 9.97. The zero-order chi connectivity index (χ0) is 23.8. The molecule has 4 nitrogen and oxygen atoms in total. The summed E-state index contributed by atoms with van der Waals surface area (Å²) < 4.78 is 40.0. The molecule has 1 fully saturated rings. The zero-order valence-electron chi connectivity index (χ0n) is 16.7. The topological polar surface area (TPSA) is 49.4 Å². The van der Waals surface area contributed by atoms with Crippen molar-refractivity contribution >= 4 is 52.5 Å². The molecule has 0 aliphatic carbocycles. The van der Waals surface area contributed by atoms with Crippen LogP contribution in [0.15, 0.2) is 78.4 Å². The van der Waals surface area contributed by atoms with Gasteiger partial charge >= 0.3 is 6.18 Å². The Bertz CT molecular complexity index is 1290. The second kappa shape index (κ2) is 8.80. The van der Waals surface area contributed by atoms with Gasteiger partial charge < -0.3 is 0 Å². The van der Waals surface area contributed by atoms with Crippen LogP contribution in [-0.2, 0) is 15.8 Å². The van der Waals surface area contributed by atoms with Crippen molar-refractivity contribution in [3.63, 3.8) is 0 Å². The van der Waals surface area contributed by atoms with E-state index in [-0.39, 0.29) is 16.2 Å². The fourth-order valence-corrected chi connectivity index (χ4v) is 3.80. The highest BCUT2D eigenvalue weighted by Crippen LogP contribution is 2.37. The van der Waals surface area contributed by atoms with Crippen LogP contribution in [-0.4, -0.2) is 16.9 Å². The van der Waals surface area contributed by atoms with E-state index in [2.05, 4.69) is 5.32 Å². The predicted molar refractivity (Wildman–Crippen MR) is 125 cm³/mol. The number of benzene rings is 3. The predicted octanol–water partition coefficient (Wildman–Crippen LogP) is 5.86. The second-order valence-electron chi connectivity index (χ2n) is 7.10. The molecule has 1 aliphatic rings. The number of carbonyl (C=O) groups excluding carboxylic acids is 2. The normalized spacial score (nSPS) is 15.7. The van der Waals surface area contributed by atoms with E-state index in [1.54, 1.807) is 24.3 Å². The second-order valence-corrected chi connectivity index (χ2v) is 7.92. The van der Waals surface area contributed by atoms with Crippen LogP contribution in [0.3, 0.4) is 0 Å². The van der Waals surface area contributed by atoms with Gasteiger partial charge in [-0.2, -0.15) is 13.2 Å². The number of nitrogens with one attached hydrogen (secondary N) is 1. The summed E-state index contributed by atoms with van der Waals surface area (Å²) >= 11 is 11.0. The quantitative estimate of drug-likeness (QED) is 0.287. The molecule has 33 heavy (non-hydrogen) atoms. The standard InChI is InChI=1S/C24H14ClF3N2O2S/c25-16-9-11-17(12-10-16)30-22(32)19(21(31)29-23(30)33)13-14-5-7-15(8-6-14)18-3-1-2-4-20(18)24(26,27)28/h1-13H,(H,29,31,33)/b19-13+. The van der Waals surface area contributed by atoms with Crippen molar-refractivity contribution in [2.75, 3.05) is 4.90 Å². The summed E-state index contributed by atoms with van der Waals surface area (Å²) in [5.74, 6) is -1.29. The van der Waals surface area contributed by atoms with Crippen molar-refractivity contribution < 1.29 is 22.8 Å². The average molecular weight is 487 g/mol. The average Bonchev–Trinajstić information content (AvgIpc) is 2.78. The van der Waals surface area contributed by atoms with Gasteiger partial charge in [0.2, 0.25) is 0 Å². The number of hydrogen-bond acceptors (Lipinski definition) is 3. The molecule has 9 heteroatoms. The Hall–Kier alpha value is -3.49. The number of halogens is 4. The minimum absolute atomic E-state index is 0.0370. The summed E-state index contributed by atoms with van der Waals surface area (Å²) in [6, 6.07) is 17.7.